The van der Waals surface area contributed by atoms with Crippen LogP contribution in [0.3, 0.4) is 0 Å². The van der Waals surface area contributed by atoms with Crippen LogP contribution in [-0.2, 0) is 13.1 Å². The minimum atomic E-state index is 0.282. The normalized spacial score (nSPS) is 14.3. The Bertz CT molecular complexity index is 491. The van der Waals surface area contributed by atoms with E-state index in [2.05, 4.69) is 46.7 Å². The third-order valence-electron chi connectivity index (χ3n) is 3.58. The summed E-state index contributed by atoms with van der Waals surface area (Å²) in [6, 6.07) is 2.50. The number of unbranched alkanes of at least 4 members (excludes halogenated alkanes) is 1. The van der Waals surface area contributed by atoms with Gasteiger partial charge in [0.2, 0.25) is 0 Å². The van der Waals surface area contributed by atoms with E-state index in [1.807, 2.05) is 21.6 Å². The topological polar surface area (TPSA) is 73.5 Å². The Balaban J connectivity index is 1.87. The van der Waals surface area contributed by atoms with Crippen molar-refractivity contribution in [3.8, 4) is 0 Å². The van der Waals surface area contributed by atoms with Crippen LogP contribution in [0.1, 0.15) is 45.5 Å². The summed E-state index contributed by atoms with van der Waals surface area (Å²) in [4.78, 5) is 0. The fourth-order valence-electron chi connectivity index (χ4n) is 2.00. The second-order valence-corrected chi connectivity index (χ2v) is 5.07. The molecule has 2 aromatic heterocycles. The van der Waals surface area contributed by atoms with Crippen LogP contribution >= 0.6 is 0 Å². The first-order valence-electron chi connectivity index (χ1n) is 7.20. The van der Waals surface area contributed by atoms with Gasteiger partial charge in [-0.05, 0) is 36.8 Å². The van der Waals surface area contributed by atoms with Crippen LogP contribution in [0.25, 0.3) is 0 Å². The number of hydrogen-bond donors (Lipinski definition) is 1. The molecule has 1 N–H and O–H groups in total. The molecule has 2 unspecified atom stereocenters. The van der Waals surface area contributed by atoms with E-state index in [4.69, 9.17) is 0 Å². The van der Waals surface area contributed by atoms with Crippen LogP contribution in [0.5, 0.6) is 0 Å². The van der Waals surface area contributed by atoms with E-state index in [9.17, 15) is 0 Å². The first kappa shape index (κ1) is 14.6. The van der Waals surface area contributed by atoms with E-state index in [1.54, 1.807) is 6.20 Å². The van der Waals surface area contributed by atoms with Gasteiger partial charge in [-0.1, -0.05) is 13.3 Å². The van der Waals surface area contributed by atoms with E-state index in [-0.39, 0.29) is 12.1 Å². The first-order chi connectivity index (χ1) is 9.72. The highest BCUT2D eigenvalue weighted by molar-refractivity contribution is 4.86. The predicted octanol–water partition coefficient (Wildman–Crippen LogP) is 1.41. The maximum atomic E-state index is 4.27. The molecule has 0 aliphatic carbocycles. The highest BCUT2D eigenvalue weighted by atomic mass is 15.5. The van der Waals surface area contributed by atoms with Gasteiger partial charge in [0.1, 0.15) is 0 Å². The van der Waals surface area contributed by atoms with Gasteiger partial charge >= 0.3 is 0 Å². The van der Waals surface area contributed by atoms with E-state index >= 15 is 0 Å². The number of aryl methyl sites for hydroxylation is 1. The lowest BCUT2D eigenvalue weighted by atomic mass is 10.2. The van der Waals surface area contributed by atoms with Crippen LogP contribution in [0.4, 0.5) is 0 Å². The Kier molecular flexibility index (Phi) is 5.23. The number of tetrazole rings is 1. The third kappa shape index (κ3) is 3.63. The van der Waals surface area contributed by atoms with E-state index in [1.165, 1.54) is 0 Å². The lowest BCUT2D eigenvalue weighted by Gasteiger charge is -2.21. The van der Waals surface area contributed by atoms with Crippen LogP contribution < -0.4 is 5.32 Å². The van der Waals surface area contributed by atoms with Crippen molar-refractivity contribution in [2.45, 2.75) is 58.8 Å². The maximum Gasteiger partial charge on any atom is 0.165 e. The zero-order valence-corrected chi connectivity index (χ0v) is 12.4. The zero-order valence-electron chi connectivity index (χ0n) is 12.4. The van der Waals surface area contributed by atoms with Gasteiger partial charge in [-0.3, -0.25) is 4.68 Å². The number of hydrogen-bond acceptors (Lipinski definition) is 5. The molecule has 0 saturated heterocycles. The molecule has 20 heavy (non-hydrogen) atoms. The molecule has 2 atom stereocenters. The highest BCUT2D eigenvalue weighted by Crippen LogP contribution is 2.09. The quantitative estimate of drug-likeness (QED) is 0.789. The molecule has 0 amide bonds. The zero-order chi connectivity index (χ0) is 14.4. The van der Waals surface area contributed by atoms with Gasteiger partial charge in [0, 0.05) is 25.0 Å². The van der Waals surface area contributed by atoms with Crippen LogP contribution in [0, 0.1) is 0 Å². The van der Waals surface area contributed by atoms with E-state index < -0.39 is 0 Å². The summed E-state index contributed by atoms with van der Waals surface area (Å²) in [5.41, 5.74) is 0. The Hall–Kier alpha value is -1.76. The smallest absolute Gasteiger partial charge is 0.165 e. The molecule has 0 aliphatic heterocycles. The summed E-state index contributed by atoms with van der Waals surface area (Å²) in [7, 11) is 0. The van der Waals surface area contributed by atoms with Crippen LogP contribution in [0.15, 0.2) is 18.5 Å². The summed E-state index contributed by atoms with van der Waals surface area (Å²) in [5.74, 6) is 0.887. The van der Waals surface area contributed by atoms with E-state index in [0.717, 1.165) is 25.2 Å². The van der Waals surface area contributed by atoms with Gasteiger partial charge in [-0.2, -0.15) is 5.10 Å². The molecule has 7 heteroatoms. The molecule has 0 fully saturated rings. The molecule has 2 heterocycles. The lowest BCUT2D eigenvalue weighted by Crippen LogP contribution is -2.34. The predicted molar refractivity (Wildman–Crippen MR) is 76.0 cm³/mol. The van der Waals surface area contributed by atoms with Gasteiger partial charge in [0.05, 0.1) is 12.6 Å². The molecule has 7 nitrogen and oxygen atoms in total. The van der Waals surface area contributed by atoms with Crippen molar-refractivity contribution in [3.63, 3.8) is 0 Å². The van der Waals surface area contributed by atoms with Gasteiger partial charge in [-0.15, -0.1) is 5.10 Å². The fraction of sp³-hybridized carbons (Fsp3) is 0.692. The Morgan fingerprint density at radius 3 is 2.90 bits per heavy atom. The molecular formula is C13H23N7. The lowest BCUT2D eigenvalue weighted by molar-refractivity contribution is 0.358. The second-order valence-electron chi connectivity index (χ2n) is 5.07. The fourth-order valence-corrected chi connectivity index (χ4v) is 2.00. The first-order valence-corrected chi connectivity index (χ1v) is 7.20. The summed E-state index contributed by atoms with van der Waals surface area (Å²) < 4.78 is 3.83. The largest absolute Gasteiger partial charge is 0.305 e. The molecule has 0 saturated carbocycles. The van der Waals surface area contributed by atoms with E-state index in [0.29, 0.717) is 6.54 Å². The number of aromatic nitrogens is 6. The average Bonchev–Trinajstić information content (AvgIpc) is 3.12. The number of nitrogens with one attached hydrogen (secondary N) is 1. The van der Waals surface area contributed by atoms with Gasteiger partial charge < -0.3 is 5.32 Å². The SMILES string of the molecule is CCCCn1nnnc1CNC(C)C(C)n1cccn1. The molecule has 0 aromatic carbocycles. The standard InChI is InChI=1S/C13H23N7/c1-4-5-8-20-13(16-17-18-20)10-14-11(2)12(3)19-9-6-7-15-19/h6-7,9,11-12,14H,4-5,8,10H2,1-3H3. The molecule has 0 radical (unpaired) electrons. The van der Waals surface area contributed by atoms with Crippen molar-refractivity contribution in [3.05, 3.63) is 24.3 Å². The molecule has 2 rings (SSSR count). The van der Waals surface area contributed by atoms with Gasteiger partial charge in [0.15, 0.2) is 5.82 Å². The van der Waals surface area contributed by atoms with Crippen molar-refractivity contribution in [2.75, 3.05) is 0 Å². The van der Waals surface area contributed by atoms with Gasteiger partial charge in [-0.25, -0.2) is 4.68 Å². The van der Waals surface area contributed by atoms with Gasteiger partial charge in [0.25, 0.3) is 0 Å². The molecule has 0 spiro atoms. The summed E-state index contributed by atoms with van der Waals surface area (Å²) in [5, 5.41) is 19.6. The Morgan fingerprint density at radius 2 is 2.20 bits per heavy atom. The van der Waals surface area contributed by atoms with Crippen LogP contribution in [-0.4, -0.2) is 36.0 Å². The molecule has 0 bridgehead atoms. The Labute approximate surface area is 119 Å². The van der Waals surface area contributed by atoms with Crippen molar-refractivity contribution in [1.82, 2.24) is 35.3 Å². The minimum absolute atomic E-state index is 0.282. The monoisotopic (exact) mass is 277 g/mol. The molecular weight excluding hydrogens is 254 g/mol. The maximum absolute atomic E-state index is 4.27. The van der Waals surface area contributed by atoms with Crippen molar-refractivity contribution in [2.24, 2.45) is 0 Å². The average molecular weight is 277 g/mol. The summed E-state index contributed by atoms with van der Waals surface area (Å²) >= 11 is 0. The summed E-state index contributed by atoms with van der Waals surface area (Å²) in [6.07, 6.45) is 6.01. The Morgan fingerprint density at radius 1 is 1.35 bits per heavy atom. The van der Waals surface area contributed by atoms with Crippen molar-refractivity contribution < 1.29 is 0 Å². The number of rotatable bonds is 8. The third-order valence-corrected chi connectivity index (χ3v) is 3.58. The molecule has 2 aromatic rings. The van der Waals surface area contributed by atoms with Crippen LogP contribution in [0.2, 0.25) is 0 Å². The van der Waals surface area contributed by atoms with Crippen molar-refractivity contribution in [1.29, 1.82) is 0 Å². The number of nitrogens with zero attached hydrogens (tertiary/aromatic N) is 6. The second kappa shape index (κ2) is 7.14. The highest BCUT2D eigenvalue weighted by Gasteiger charge is 2.15. The molecule has 0 aliphatic rings. The summed E-state index contributed by atoms with van der Waals surface area (Å²) in [6.45, 7) is 8.00. The molecule has 110 valence electrons. The van der Waals surface area contributed by atoms with Crippen molar-refractivity contribution >= 4 is 0 Å². The minimum Gasteiger partial charge on any atom is -0.305 e.